The molecule has 4 N–H and O–H groups in total. The van der Waals surface area contributed by atoms with Gasteiger partial charge in [0, 0.05) is 12.6 Å². The van der Waals surface area contributed by atoms with E-state index < -0.39 is 12.0 Å². The molecule has 17 heavy (non-hydrogen) atoms. The van der Waals surface area contributed by atoms with E-state index >= 15 is 0 Å². The van der Waals surface area contributed by atoms with Crippen LogP contribution in [0, 0.1) is 0 Å². The minimum Gasteiger partial charge on any atom is -0.481 e. The van der Waals surface area contributed by atoms with Gasteiger partial charge >= 0.3 is 11.7 Å². The van der Waals surface area contributed by atoms with Crippen LogP contribution >= 0.6 is 0 Å². The summed E-state index contributed by atoms with van der Waals surface area (Å²) in [4.78, 5) is 28.7. The van der Waals surface area contributed by atoms with Crippen molar-refractivity contribution in [3.63, 3.8) is 0 Å². The van der Waals surface area contributed by atoms with Crippen LogP contribution in [0.3, 0.4) is 0 Å². The molecule has 0 spiro atoms. The summed E-state index contributed by atoms with van der Waals surface area (Å²) in [5, 5.41) is 8.55. The number of fused-ring (bicyclic) bond motifs is 1. The second-order valence-electron chi connectivity index (χ2n) is 3.70. The van der Waals surface area contributed by atoms with Crippen LogP contribution in [-0.2, 0) is 4.79 Å². The van der Waals surface area contributed by atoms with E-state index in [1.54, 1.807) is 18.3 Å². The van der Waals surface area contributed by atoms with Crippen LogP contribution in [0.5, 0.6) is 0 Å². The highest BCUT2D eigenvalue weighted by atomic mass is 16.4. The van der Waals surface area contributed by atoms with Gasteiger partial charge in [-0.3, -0.25) is 14.2 Å². The number of carboxylic acid groups (broad SMARTS) is 1. The first-order chi connectivity index (χ1) is 8.08. The van der Waals surface area contributed by atoms with Crippen molar-refractivity contribution in [2.45, 2.75) is 18.9 Å². The average Bonchev–Trinajstić information content (AvgIpc) is 2.74. The Morgan fingerprint density at radius 1 is 1.65 bits per heavy atom. The fourth-order valence-corrected chi connectivity index (χ4v) is 1.55. The van der Waals surface area contributed by atoms with Gasteiger partial charge < -0.3 is 10.8 Å². The van der Waals surface area contributed by atoms with Crippen LogP contribution in [0.25, 0.3) is 5.65 Å². The zero-order valence-electron chi connectivity index (χ0n) is 8.96. The van der Waals surface area contributed by atoms with Crippen molar-refractivity contribution in [2.24, 2.45) is 5.73 Å². The van der Waals surface area contributed by atoms with Gasteiger partial charge in [0.25, 0.3) is 0 Å². The second-order valence-corrected chi connectivity index (χ2v) is 3.70. The Morgan fingerprint density at radius 3 is 3.12 bits per heavy atom. The van der Waals surface area contributed by atoms with Crippen LogP contribution in [0.2, 0.25) is 0 Å². The van der Waals surface area contributed by atoms with Gasteiger partial charge in [-0.1, -0.05) is 0 Å². The quantitative estimate of drug-likeness (QED) is 0.685. The lowest BCUT2D eigenvalue weighted by molar-refractivity contribution is -0.137. The van der Waals surface area contributed by atoms with Crippen molar-refractivity contribution in [2.75, 3.05) is 0 Å². The number of nitrogens with two attached hydrogens (primary N) is 1. The standard InChI is InChI=1S/C10H12N4O3/c11-6(3-4-8(15)16)9-12-7-2-1-5-14(7)10(17)13-9/h1-2,5-6H,3-4,11H2,(H,15,16)(H,12,13,17). The number of rotatable bonds is 4. The molecule has 90 valence electrons. The van der Waals surface area contributed by atoms with Gasteiger partial charge in [0.05, 0.1) is 6.04 Å². The molecule has 0 aliphatic heterocycles. The molecule has 0 aromatic carbocycles. The normalized spacial score (nSPS) is 12.8. The molecule has 1 atom stereocenters. The molecule has 0 saturated heterocycles. The highest BCUT2D eigenvalue weighted by Crippen LogP contribution is 2.10. The van der Waals surface area contributed by atoms with Gasteiger partial charge in [-0.15, -0.1) is 0 Å². The monoisotopic (exact) mass is 236 g/mol. The SMILES string of the molecule is NC(CCC(=O)O)c1nc2cccn2c(=O)[nH]1. The molecule has 7 nitrogen and oxygen atoms in total. The summed E-state index contributed by atoms with van der Waals surface area (Å²) >= 11 is 0. The molecule has 2 aromatic heterocycles. The lowest BCUT2D eigenvalue weighted by Gasteiger charge is -2.09. The molecule has 7 heteroatoms. The van der Waals surface area contributed by atoms with Gasteiger partial charge in [-0.05, 0) is 18.6 Å². The number of nitrogens with zero attached hydrogens (tertiary/aromatic N) is 2. The first kappa shape index (κ1) is 11.3. The van der Waals surface area contributed by atoms with Gasteiger partial charge in [-0.2, -0.15) is 0 Å². The lowest BCUT2D eigenvalue weighted by atomic mass is 10.1. The molecular weight excluding hydrogens is 224 g/mol. The molecule has 0 amide bonds. The van der Waals surface area contributed by atoms with Gasteiger partial charge in [0.15, 0.2) is 0 Å². The maximum Gasteiger partial charge on any atom is 0.332 e. The summed E-state index contributed by atoms with van der Waals surface area (Å²) in [5.41, 5.74) is 5.93. The third-order valence-corrected chi connectivity index (χ3v) is 2.44. The van der Waals surface area contributed by atoms with Crippen molar-refractivity contribution < 1.29 is 9.90 Å². The van der Waals surface area contributed by atoms with Gasteiger partial charge in [0.2, 0.25) is 0 Å². The van der Waals surface area contributed by atoms with Crippen LogP contribution in [0.4, 0.5) is 0 Å². The zero-order valence-corrected chi connectivity index (χ0v) is 8.96. The predicted octanol–water partition coefficient (Wildman–Crippen LogP) is -0.113. The van der Waals surface area contributed by atoms with E-state index in [0.717, 1.165) is 0 Å². The van der Waals surface area contributed by atoms with Crippen molar-refractivity contribution in [1.82, 2.24) is 14.4 Å². The summed E-state index contributed by atoms with van der Waals surface area (Å²) in [6.45, 7) is 0. The van der Waals surface area contributed by atoms with Crippen LogP contribution < -0.4 is 11.4 Å². The number of aromatic amines is 1. The molecule has 2 aromatic rings. The van der Waals surface area contributed by atoms with Gasteiger partial charge in [0.1, 0.15) is 11.5 Å². The molecule has 0 aliphatic carbocycles. The molecule has 0 bridgehead atoms. The first-order valence-corrected chi connectivity index (χ1v) is 5.12. The molecule has 0 saturated carbocycles. The van der Waals surface area contributed by atoms with Crippen molar-refractivity contribution in [3.8, 4) is 0 Å². The van der Waals surface area contributed by atoms with Crippen LogP contribution in [0.1, 0.15) is 24.7 Å². The molecule has 1 unspecified atom stereocenters. The maximum atomic E-state index is 11.6. The van der Waals surface area contributed by atoms with E-state index in [2.05, 4.69) is 9.97 Å². The molecule has 2 heterocycles. The van der Waals surface area contributed by atoms with E-state index in [0.29, 0.717) is 11.5 Å². The molecule has 2 rings (SSSR count). The van der Waals surface area contributed by atoms with Crippen molar-refractivity contribution in [1.29, 1.82) is 0 Å². The summed E-state index contributed by atoms with van der Waals surface area (Å²) in [7, 11) is 0. The number of nitrogens with one attached hydrogen (secondary N) is 1. The molecule has 0 aliphatic rings. The third kappa shape index (κ3) is 2.34. The molecule has 0 radical (unpaired) electrons. The summed E-state index contributed by atoms with van der Waals surface area (Å²) in [6, 6.07) is 2.80. The number of aromatic nitrogens is 3. The molecular formula is C10H12N4O3. The number of carbonyl (C=O) groups is 1. The van der Waals surface area contributed by atoms with E-state index in [9.17, 15) is 9.59 Å². The Labute approximate surface area is 95.9 Å². The topological polar surface area (TPSA) is 113 Å². The number of H-pyrrole nitrogens is 1. The lowest BCUT2D eigenvalue weighted by Crippen LogP contribution is -2.24. The Bertz CT molecular complexity index is 601. The Hall–Kier alpha value is -2.15. The molecule has 0 fully saturated rings. The highest BCUT2D eigenvalue weighted by Gasteiger charge is 2.12. The minimum atomic E-state index is -0.924. The van der Waals surface area contributed by atoms with Crippen LogP contribution in [-0.4, -0.2) is 25.4 Å². The predicted molar refractivity (Wildman–Crippen MR) is 59.6 cm³/mol. The van der Waals surface area contributed by atoms with E-state index in [1.807, 2.05) is 0 Å². The summed E-state index contributed by atoms with van der Waals surface area (Å²) < 4.78 is 1.35. The fraction of sp³-hybridized carbons (Fsp3) is 0.300. The minimum absolute atomic E-state index is 0.0585. The Morgan fingerprint density at radius 2 is 2.41 bits per heavy atom. The number of hydrogen-bond donors (Lipinski definition) is 3. The Balaban J connectivity index is 2.29. The van der Waals surface area contributed by atoms with E-state index in [1.165, 1.54) is 4.40 Å². The first-order valence-electron chi connectivity index (χ1n) is 5.12. The van der Waals surface area contributed by atoms with E-state index in [-0.39, 0.29) is 18.5 Å². The average molecular weight is 236 g/mol. The van der Waals surface area contributed by atoms with Crippen molar-refractivity contribution >= 4 is 11.6 Å². The van der Waals surface area contributed by atoms with Crippen LogP contribution in [0.15, 0.2) is 23.1 Å². The maximum absolute atomic E-state index is 11.6. The van der Waals surface area contributed by atoms with Gasteiger partial charge in [-0.25, -0.2) is 9.78 Å². The van der Waals surface area contributed by atoms with E-state index in [4.69, 9.17) is 10.8 Å². The van der Waals surface area contributed by atoms with Crippen molar-refractivity contribution in [3.05, 3.63) is 34.6 Å². The number of carboxylic acids is 1. The second kappa shape index (κ2) is 4.38. The fourth-order valence-electron chi connectivity index (χ4n) is 1.55. The third-order valence-electron chi connectivity index (χ3n) is 2.44. The Kier molecular flexibility index (Phi) is 2.92. The summed E-state index contributed by atoms with van der Waals surface area (Å²) in [6.07, 6.45) is 1.76. The number of hydrogen-bond acceptors (Lipinski definition) is 4. The summed E-state index contributed by atoms with van der Waals surface area (Å²) in [5.74, 6) is -0.617. The highest BCUT2D eigenvalue weighted by molar-refractivity contribution is 5.66. The number of aliphatic carboxylic acids is 1. The zero-order chi connectivity index (χ0) is 12.4. The smallest absolute Gasteiger partial charge is 0.332 e. The largest absolute Gasteiger partial charge is 0.481 e.